The van der Waals surface area contributed by atoms with E-state index in [1.54, 1.807) is 0 Å². The number of benzene rings is 1. The van der Waals surface area contributed by atoms with Gasteiger partial charge in [-0.3, -0.25) is 9.80 Å². The Balaban J connectivity index is 1.47. The van der Waals surface area contributed by atoms with Crippen LogP contribution in [0.2, 0.25) is 0 Å². The molecule has 3 nitrogen and oxygen atoms in total. The van der Waals surface area contributed by atoms with Crippen molar-refractivity contribution in [3.63, 3.8) is 0 Å². The van der Waals surface area contributed by atoms with Gasteiger partial charge in [0.15, 0.2) is 11.6 Å². The molecular formula is C19H28F2N2O. The fourth-order valence-electron chi connectivity index (χ4n) is 3.99. The molecule has 1 heterocycles. The molecule has 1 aliphatic carbocycles. The van der Waals surface area contributed by atoms with Crippen LogP contribution in [0, 0.1) is 17.6 Å². The van der Waals surface area contributed by atoms with Crippen LogP contribution in [0.4, 0.5) is 8.78 Å². The molecule has 134 valence electrons. The Morgan fingerprint density at radius 2 is 1.71 bits per heavy atom. The van der Waals surface area contributed by atoms with Gasteiger partial charge in [-0.15, -0.1) is 0 Å². The molecule has 0 radical (unpaired) electrons. The minimum absolute atomic E-state index is 0.442. The van der Waals surface area contributed by atoms with Crippen molar-refractivity contribution in [2.75, 3.05) is 32.7 Å². The Morgan fingerprint density at radius 1 is 1.04 bits per heavy atom. The first-order chi connectivity index (χ1) is 11.5. The van der Waals surface area contributed by atoms with Gasteiger partial charge in [-0.05, 0) is 49.3 Å². The maximum absolute atomic E-state index is 13.3. The van der Waals surface area contributed by atoms with Crippen molar-refractivity contribution in [1.29, 1.82) is 0 Å². The van der Waals surface area contributed by atoms with Crippen LogP contribution in [0.1, 0.15) is 44.3 Å². The molecule has 1 unspecified atom stereocenters. The van der Waals surface area contributed by atoms with Gasteiger partial charge in [0.25, 0.3) is 0 Å². The lowest BCUT2D eigenvalue weighted by molar-refractivity contribution is 0.0438. The smallest absolute Gasteiger partial charge is 0.159 e. The number of hydrogen-bond donors (Lipinski definition) is 1. The van der Waals surface area contributed by atoms with Crippen LogP contribution < -0.4 is 0 Å². The van der Waals surface area contributed by atoms with Crippen LogP contribution in [0.3, 0.4) is 0 Å². The Bertz CT molecular complexity index is 538. The van der Waals surface area contributed by atoms with Crippen LogP contribution in [-0.4, -0.2) is 53.7 Å². The monoisotopic (exact) mass is 338 g/mol. The lowest BCUT2D eigenvalue weighted by Gasteiger charge is -2.42. The summed E-state index contributed by atoms with van der Waals surface area (Å²) < 4.78 is 26.3. The minimum Gasteiger partial charge on any atom is -0.387 e. The van der Waals surface area contributed by atoms with Gasteiger partial charge in [-0.2, -0.15) is 0 Å². The van der Waals surface area contributed by atoms with E-state index < -0.39 is 17.7 Å². The molecule has 1 atom stereocenters. The van der Waals surface area contributed by atoms with Crippen LogP contribution in [0.25, 0.3) is 0 Å². The number of nitrogens with zero attached hydrogens (tertiary/aromatic N) is 2. The van der Waals surface area contributed by atoms with E-state index in [1.165, 1.54) is 31.7 Å². The average molecular weight is 338 g/mol. The van der Waals surface area contributed by atoms with Gasteiger partial charge >= 0.3 is 0 Å². The normalized spacial score (nSPS) is 28.0. The van der Waals surface area contributed by atoms with Crippen molar-refractivity contribution in [1.82, 2.24) is 9.80 Å². The van der Waals surface area contributed by atoms with Crippen molar-refractivity contribution in [2.45, 2.75) is 44.8 Å². The largest absolute Gasteiger partial charge is 0.387 e. The van der Waals surface area contributed by atoms with Crippen LogP contribution >= 0.6 is 0 Å². The molecule has 2 aliphatic rings. The van der Waals surface area contributed by atoms with Crippen molar-refractivity contribution in [2.24, 2.45) is 5.92 Å². The summed E-state index contributed by atoms with van der Waals surface area (Å²) in [5.74, 6) is -0.905. The number of piperazine rings is 1. The second-order valence-corrected chi connectivity index (χ2v) is 7.44. The molecule has 1 aromatic carbocycles. The molecule has 5 heteroatoms. The predicted molar refractivity (Wildman–Crippen MR) is 90.8 cm³/mol. The van der Waals surface area contributed by atoms with Crippen molar-refractivity contribution in [3.05, 3.63) is 35.4 Å². The Labute approximate surface area is 143 Å². The number of rotatable bonds is 4. The molecular weight excluding hydrogens is 310 g/mol. The topological polar surface area (TPSA) is 26.7 Å². The SMILES string of the molecule is CC1CCC(N2CCN(CC(O)c3ccc(F)c(F)c3)CC2)CC1. The second-order valence-electron chi connectivity index (χ2n) is 7.44. The summed E-state index contributed by atoms with van der Waals surface area (Å²) in [7, 11) is 0. The molecule has 3 rings (SSSR count). The van der Waals surface area contributed by atoms with Gasteiger partial charge in [0.1, 0.15) is 0 Å². The number of aliphatic hydroxyl groups is 1. The molecule has 2 fully saturated rings. The fraction of sp³-hybridized carbons (Fsp3) is 0.684. The summed E-state index contributed by atoms with van der Waals surface area (Å²) in [6.07, 6.45) is 4.50. The first-order valence-electron chi connectivity index (χ1n) is 9.12. The first-order valence-corrected chi connectivity index (χ1v) is 9.12. The van der Waals surface area contributed by atoms with Gasteiger partial charge in [0, 0.05) is 38.8 Å². The molecule has 1 aliphatic heterocycles. The Kier molecular flexibility index (Phi) is 5.85. The van der Waals surface area contributed by atoms with E-state index in [0.717, 1.165) is 50.3 Å². The van der Waals surface area contributed by atoms with Crippen LogP contribution in [-0.2, 0) is 0 Å². The van der Waals surface area contributed by atoms with Gasteiger partial charge in [0.05, 0.1) is 6.10 Å². The van der Waals surface area contributed by atoms with Crippen LogP contribution in [0.15, 0.2) is 18.2 Å². The number of β-amino-alcohol motifs (C(OH)–C–C–N with tert-alkyl or cyclic N) is 1. The molecule has 24 heavy (non-hydrogen) atoms. The highest BCUT2D eigenvalue weighted by molar-refractivity contribution is 5.20. The van der Waals surface area contributed by atoms with E-state index >= 15 is 0 Å². The first kappa shape index (κ1) is 17.8. The lowest BCUT2D eigenvalue weighted by atomic mass is 9.86. The van der Waals surface area contributed by atoms with Gasteiger partial charge in [0.2, 0.25) is 0 Å². The Morgan fingerprint density at radius 3 is 2.33 bits per heavy atom. The molecule has 0 aromatic heterocycles. The van der Waals surface area contributed by atoms with Crippen molar-refractivity contribution < 1.29 is 13.9 Å². The van der Waals surface area contributed by atoms with E-state index in [4.69, 9.17) is 0 Å². The van der Waals surface area contributed by atoms with Gasteiger partial charge in [-0.25, -0.2) is 8.78 Å². The highest BCUT2D eigenvalue weighted by Crippen LogP contribution is 2.28. The zero-order valence-electron chi connectivity index (χ0n) is 14.4. The summed E-state index contributed by atoms with van der Waals surface area (Å²) >= 11 is 0. The predicted octanol–water partition coefficient (Wildman–Crippen LogP) is 3.19. The summed E-state index contributed by atoms with van der Waals surface area (Å²) in [6, 6.07) is 4.36. The minimum atomic E-state index is -0.900. The molecule has 0 spiro atoms. The van der Waals surface area contributed by atoms with Crippen molar-refractivity contribution in [3.8, 4) is 0 Å². The third kappa shape index (κ3) is 4.32. The highest BCUT2D eigenvalue weighted by Gasteiger charge is 2.27. The summed E-state index contributed by atoms with van der Waals surface area (Å²) in [5.41, 5.74) is 0.442. The van der Waals surface area contributed by atoms with Gasteiger partial charge < -0.3 is 5.11 Å². The van der Waals surface area contributed by atoms with Crippen molar-refractivity contribution >= 4 is 0 Å². The summed E-state index contributed by atoms with van der Waals surface area (Å²) in [6.45, 7) is 6.72. The standard InChI is InChI=1S/C19H28F2N2O/c1-14-2-5-16(6-3-14)23-10-8-22(9-11-23)13-19(24)15-4-7-17(20)18(21)12-15/h4,7,12,14,16,19,24H,2-3,5-6,8-11,13H2,1H3. The second kappa shape index (κ2) is 7.89. The van der Waals surface area contributed by atoms with E-state index in [2.05, 4.69) is 16.7 Å². The zero-order chi connectivity index (χ0) is 17.1. The average Bonchev–Trinajstić information content (AvgIpc) is 2.59. The zero-order valence-corrected chi connectivity index (χ0v) is 14.4. The van der Waals surface area contributed by atoms with Gasteiger partial charge in [-0.1, -0.05) is 13.0 Å². The number of aliphatic hydroxyl groups excluding tert-OH is 1. The quantitative estimate of drug-likeness (QED) is 0.913. The van der Waals surface area contributed by atoms with E-state index in [9.17, 15) is 13.9 Å². The molecule has 0 bridgehead atoms. The third-order valence-electron chi connectivity index (χ3n) is 5.67. The summed E-state index contributed by atoms with van der Waals surface area (Å²) in [5, 5.41) is 10.3. The highest BCUT2D eigenvalue weighted by atomic mass is 19.2. The molecule has 0 amide bonds. The molecule has 1 saturated heterocycles. The molecule has 1 N–H and O–H groups in total. The number of halogens is 2. The van der Waals surface area contributed by atoms with E-state index in [1.807, 2.05) is 0 Å². The van der Waals surface area contributed by atoms with E-state index in [0.29, 0.717) is 12.1 Å². The number of hydrogen-bond acceptors (Lipinski definition) is 3. The molecule has 1 aromatic rings. The lowest BCUT2D eigenvalue weighted by Crippen LogP contribution is -2.51. The maximum atomic E-state index is 13.3. The Hall–Kier alpha value is -1.04. The maximum Gasteiger partial charge on any atom is 0.159 e. The van der Waals surface area contributed by atoms with E-state index in [-0.39, 0.29) is 0 Å². The fourth-order valence-corrected chi connectivity index (χ4v) is 3.99. The molecule has 1 saturated carbocycles. The summed E-state index contributed by atoms with van der Waals surface area (Å²) in [4.78, 5) is 4.81. The van der Waals surface area contributed by atoms with Crippen LogP contribution in [0.5, 0.6) is 0 Å². The third-order valence-corrected chi connectivity index (χ3v) is 5.67.